The van der Waals surface area contributed by atoms with Crippen molar-refractivity contribution in [3.05, 3.63) is 29.3 Å². The van der Waals surface area contributed by atoms with Crippen LogP contribution in [0.5, 0.6) is 0 Å². The van der Waals surface area contributed by atoms with Gasteiger partial charge in [0.1, 0.15) is 0 Å². The zero-order chi connectivity index (χ0) is 11.9. The second-order valence-electron chi connectivity index (χ2n) is 4.86. The van der Waals surface area contributed by atoms with Gasteiger partial charge in [0, 0.05) is 0 Å². The Labute approximate surface area is 92.2 Å². The highest BCUT2D eigenvalue weighted by atomic mass is 32.2. The molecule has 84 valence electrons. The minimum atomic E-state index is -3.22. The maximum Gasteiger partial charge on any atom is 0.183 e. The molecule has 0 unspecified atom stereocenters. The van der Waals surface area contributed by atoms with E-state index in [1.54, 1.807) is 32.9 Å². The molecule has 0 saturated carbocycles. The number of hydrogen-bond acceptors (Lipinski definition) is 2. The minimum Gasteiger partial charge on any atom is -0.223 e. The monoisotopic (exact) mass is 226 g/mol. The van der Waals surface area contributed by atoms with Crippen LogP contribution in [0.2, 0.25) is 0 Å². The van der Waals surface area contributed by atoms with E-state index in [1.165, 1.54) is 0 Å². The summed E-state index contributed by atoms with van der Waals surface area (Å²) in [5, 5.41) is 0. The van der Waals surface area contributed by atoms with Crippen molar-refractivity contribution in [3.8, 4) is 0 Å². The molecule has 0 bridgehead atoms. The highest BCUT2D eigenvalue weighted by molar-refractivity contribution is 7.92. The Morgan fingerprint density at radius 2 is 1.53 bits per heavy atom. The van der Waals surface area contributed by atoms with Crippen LogP contribution in [0.4, 0.5) is 0 Å². The average molecular weight is 226 g/mol. The molecular weight excluding hydrogens is 208 g/mol. The van der Waals surface area contributed by atoms with Crippen molar-refractivity contribution in [2.45, 2.75) is 44.3 Å². The van der Waals surface area contributed by atoms with Crippen LogP contribution in [-0.2, 0) is 9.84 Å². The normalized spacial score (nSPS) is 12.9. The van der Waals surface area contributed by atoms with Gasteiger partial charge in [-0.05, 0) is 57.9 Å². The summed E-state index contributed by atoms with van der Waals surface area (Å²) in [4.78, 5) is 0.415. The second kappa shape index (κ2) is 3.63. The van der Waals surface area contributed by atoms with E-state index in [0.717, 1.165) is 11.1 Å². The third-order valence-electron chi connectivity index (χ3n) is 2.59. The van der Waals surface area contributed by atoms with E-state index < -0.39 is 14.6 Å². The smallest absolute Gasteiger partial charge is 0.183 e. The van der Waals surface area contributed by atoms with Crippen LogP contribution in [0.1, 0.15) is 31.9 Å². The molecule has 1 aromatic rings. The largest absolute Gasteiger partial charge is 0.223 e. The Balaban J connectivity index is 3.36. The molecule has 2 nitrogen and oxygen atoms in total. The first-order valence-electron chi connectivity index (χ1n) is 4.98. The molecule has 0 aliphatic rings. The van der Waals surface area contributed by atoms with Crippen LogP contribution in [0.15, 0.2) is 23.1 Å². The van der Waals surface area contributed by atoms with Gasteiger partial charge in [0.25, 0.3) is 0 Å². The van der Waals surface area contributed by atoms with E-state index in [-0.39, 0.29) is 0 Å². The first-order valence-corrected chi connectivity index (χ1v) is 6.46. The van der Waals surface area contributed by atoms with Gasteiger partial charge in [-0.2, -0.15) is 0 Å². The molecule has 0 aromatic heterocycles. The SMILES string of the molecule is Cc1ccc(S(=O)(=O)C(C)(C)C)cc1C. The van der Waals surface area contributed by atoms with Crippen molar-refractivity contribution in [1.29, 1.82) is 0 Å². The maximum absolute atomic E-state index is 12.1. The number of aryl methyl sites for hydroxylation is 2. The molecule has 0 saturated heterocycles. The van der Waals surface area contributed by atoms with Gasteiger partial charge in [0.2, 0.25) is 0 Å². The van der Waals surface area contributed by atoms with Gasteiger partial charge in [0.15, 0.2) is 9.84 Å². The fourth-order valence-corrected chi connectivity index (χ4v) is 2.52. The summed E-state index contributed by atoms with van der Waals surface area (Å²) in [7, 11) is -3.22. The molecule has 0 amide bonds. The summed E-state index contributed by atoms with van der Waals surface area (Å²) in [5.74, 6) is 0. The van der Waals surface area contributed by atoms with E-state index in [0.29, 0.717) is 4.90 Å². The lowest BCUT2D eigenvalue weighted by molar-refractivity contribution is 0.560. The average Bonchev–Trinajstić information content (AvgIpc) is 2.07. The van der Waals surface area contributed by atoms with Crippen LogP contribution < -0.4 is 0 Å². The van der Waals surface area contributed by atoms with Gasteiger partial charge in [0.05, 0.1) is 9.64 Å². The van der Waals surface area contributed by atoms with Crippen LogP contribution in [-0.4, -0.2) is 13.2 Å². The lowest BCUT2D eigenvalue weighted by atomic mass is 10.1. The number of hydrogen-bond donors (Lipinski definition) is 0. The topological polar surface area (TPSA) is 34.1 Å². The van der Waals surface area contributed by atoms with Crippen molar-refractivity contribution in [2.75, 3.05) is 0 Å². The van der Waals surface area contributed by atoms with E-state index in [4.69, 9.17) is 0 Å². The van der Waals surface area contributed by atoms with E-state index in [2.05, 4.69) is 0 Å². The summed E-state index contributed by atoms with van der Waals surface area (Å²) in [6.45, 7) is 9.06. The van der Waals surface area contributed by atoms with Crippen LogP contribution in [0.3, 0.4) is 0 Å². The van der Waals surface area contributed by atoms with Crippen molar-refractivity contribution in [2.24, 2.45) is 0 Å². The first kappa shape index (κ1) is 12.2. The number of sulfone groups is 1. The summed E-state index contributed by atoms with van der Waals surface area (Å²) in [6, 6.07) is 5.28. The van der Waals surface area contributed by atoms with Gasteiger partial charge >= 0.3 is 0 Å². The van der Waals surface area contributed by atoms with Crippen molar-refractivity contribution < 1.29 is 8.42 Å². The zero-order valence-corrected chi connectivity index (χ0v) is 10.8. The standard InChI is InChI=1S/C12H18O2S/c1-9-6-7-11(8-10(9)2)15(13,14)12(3,4)5/h6-8H,1-5H3. The molecule has 0 N–H and O–H groups in total. The second-order valence-corrected chi connectivity index (χ2v) is 7.56. The summed E-state index contributed by atoms with van der Waals surface area (Å²) in [5.41, 5.74) is 2.13. The van der Waals surface area contributed by atoms with Crippen LogP contribution >= 0.6 is 0 Å². The molecule has 0 spiro atoms. The summed E-state index contributed by atoms with van der Waals surface area (Å²) < 4.78 is 23.5. The Hall–Kier alpha value is -0.830. The van der Waals surface area contributed by atoms with Crippen LogP contribution in [0, 0.1) is 13.8 Å². The predicted molar refractivity (Wildman–Crippen MR) is 62.9 cm³/mol. The van der Waals surface area contributed by atoms with E-state index in [1.807, 2.05) is 19.9 Å². The Bertz CT molecular complexity index is 465. The molecule has 15 heavy (non-hydrogen) atoms. The molecule has 1 aromatic carbocycles. The summed E-state index contributed by atoms with van der Waals surface area (Å²) in [6.07, 6.45) is 0. The molecule has 3 heteroatoms. The number of benzene rings is 1. The highest BCUT2D eigenvalue weighted by Crippen LogP contribution is 2.25. The van der Waals surface area contributed by atoms with Gasteiger partial charge < -0.3 is 0 Å². The Morgan fingerprint density at radius 1 is 1.00 bits per heavy atom. The Kier molecular flexibility index (Phi) is 2.97. The molecule has 0 heterocycles. The highest BCUT2D eigenvalue weighted by Gasteiger charge is 2.30. The number of rotatable bonds is 1. The van der Waals surface area contributed by atoms with Gasteiger partial charge in [-0.25, -0.2) is 8.42 Å². The third kappa shape index (κ3) is 2.23. The molecule has 0 aliphatic heterocycles. The predicted octanol–water partition coefficient (Wildman–Crippen LogP) is 2.88. The summed E-state index contributed by atoms with van der Waals surface area (Å²) >= 11 is 0. The molecule has 0 atom stereocenters. The third-order valence-corrected chi connectivity index (χ3v) is 5.08. The maximum atomic E-state index is 12.1. The minimum absolute atomic E-state index is 0.415. The van der Waals surface area contributed by atoms with Crippen molar-refractivity contribution in [3.63, 3.8) is 0 Å². The van der Waals surface area contributed by atoms with Crippen molar-refractivity contribution in [1.82, 2.24) is 0 Å². The molecule has 0 aliphatic carbocycles. The molecule has 1 rings (SSSR count). The van der Waals surface area contributed by atoms with Crippen LogP contribution in [0.25, 0.3) is 0 Å². The van der Waals surface area contributed by atoms with E-state index >= 15 is 0 Å². The van der Waals surface area contributed by atoms with Gasteiger partial charge in [-0.3, -0.25) is 0 Å². The fourth-order valence-electron chi connectivity index (χ4n) is 1.23. The molecule has 0 radical (unpaired) electrons. The lowest BCUT2D eigenvalue weighted by Crippen LogP contribution is -2.27. The fraction of sp³-hybridized carbons (Fsp3) is 0.500. The van der Waals surface area contributed by atoms with Gasteiger partial charge in [-0.15, -0.1) is 0 Å². The van der Waals surface area contributed by atoms with Gasteiger partial charge in [-0.1, -0.05) is 6.07 Å². The van der Waals surface area contributed by atoms with E-state index in [9.17, 15) is 8.42 Å². The van der Waals surface area contributed by atoms with Crippen molar-refractivity contribution >= 4 is 9.84 Å². The first-order chi connectivity index (χ1) is 6.66. The zero-order valence-electron chi connectivity index (χ0n) is 9.96. The molecule has 0 fully saturated rings. The quantitative estimate of drug-likeness (QED) is 0.738. The molecular formula is C12H18O2S. The lowest BCUT2D eigenvalue weighted by Gasteiger charge is -2.19. The Morgan fingerprint density at radius 3 is 1.93 bits per heavy atom.